The highest BCUT2D eigenvalue weighted by Gasteiger charge is 2.05. The van der Waals surface area contributed by atoms with E-state index in [0.717, 1.165) is 41.8 Å². The lowest BCUT2D eigenvalue weighted by atomic mass is 10.1. The van der Waals surface area contributed by atoms with Gasteiger partial charge in [-0.05, 0) is 36.9 Å². The molecule has 23 heavy (non-hydrogen) atoms. The summed E-state index contributed by atoms with van der Waals surface area (Å²) in [5, 5.41) is 11.8. The molecular weight excluding hydrogens is 290 g/mol. The quantitative estimate of drug-likeness (QED) is 0.769. The van der Waals surface area contributed by atoms with Gasteiger partial charge in [-0.25, -0.2) is 9.78 Å². The van der Waals surface area contributed by atoms with Gasteiger partial charge in [0.05, 0.1) is 5.69 Å². The summed E-state index contributed by atoms with van der Waals surface area (Å²) in [6.07, 6.45) is 2.71. The number of aromatic nitrogens is 1. The SMILES string of the molecule is CNCCN(C)c1cccc(-c2cccc(C=CC(=O)O)c2)n1. The van der Waals surface area contributed by atoms with E-state index in [2.05, 4.69) is 15.2 Å². The molecule has 0 spiro atoms. The molecule has 0 aliphatic rings. The van der Waals surface area contributed by atoms with E-state index in [4.69, 9.17) is 5.11 Å². The first kappa shape index (κ1) is 16.7. The van der Waals surface area contributed by atoms with Crippen molar-refractivity contribution in [3.8, 4) is 11.3 Å². The standard InChI is InChI=1S/C18H21N3O2/c1-19-11-12-21(2)17-8-4-7-16(20-17)15-6-3-5-14(13-15)9-10-18(22)23/h3-10,13,19H,11-12H2,1-2H3,(H,22,23). The summed E-state index contributed by atoms with van der Waals surface area (Å²) < 4.78 is 0. The predicted octanol–water partition coefficient (Wildman–Crippen LogP) is 2.50. The van der Waals surface area contributed by atoms with Crippen molar-refractivity contribution in [2.45, 2.75) is 0 Å². The number of carboxylic acid groups (broad SMARTS) is 1. The Kier molecular flexibility index (Phi) is 5.88. The van der Waals surface area contributed by atoms with Crippen LogP contribution in [0, 0.1) is 0 Å². The summed E-state index contributed by atoms with van der Waals surface area (Å²) in [6.45, 7) is 1.76. The maximum Gasteiger partial charge on any atom is 0.328 e. The fourth-order valence-corrected chi connectivity index (χ4v) is 2.16. The normalized spacial score (nSPS) is 10.9. The molecule has 2 N–H and O–H groups in total. The van der Waals surface area contributed by atoms with Crippen LogP contribution in [0.25, 0.3) is 17.3 Å². The largest absolute Gasteiger partial charge is 0.478 e. The Morgan fingerprint density at radius 3 is 2.83 bits per heavy atom. The van der Waals surface area contributed by atoms with Gasteiger partial charge in [-0.3, -0.25) is 0 Å². The molecular formula is C18H21N3O2. The minimum atomic E-state index is -0.957. The third-order valence-electron chi connectivity index (χ3n) is 3.42. The molecule has 2 aromatic rings. The van der Waals surface area contributed by atoms with Crippen LogP contribution in [0.5, 0.6) is 0 Å². The second kappa shape index (κ2) is 8.10. The molecule has 0 aliphatic heterocycles. The lowest BCUT2D eigenvalue weighted by Gasteiger charge is -2.18. The third-order valence-corrected chi connectivity index (χ3v) is 3.42. The molecule has 120 valence electrons. The second-order valence-electron chi connectivity index (χ2n) is 5.20. The summed E-state index contributed by atoms with van der Waals surface area (Å²) in [4.78, 5) is 17.4. The number of nitrogens with one attached hydrogen (secondary N) is 1. The molecule has 0 saturated carbocycles. The van der Waals surface area contributed by atoms with Gasteiger partial charge >= 0.3 is 5.97 Å². The molecule has 0 amide bonds. The van der Waals surface area contributed by atoms with Crippen LogP contribution in [0.2, 0.25) is 0 Å². The number of hydrogen-bond donors (Lipinski definition) is 2. The van der Waals surface area contributed by atoms with E-state index < -0.39 is 5.97 Å². The summed E-state index contributed by atoms with van der Waals surface area (Å²) in [5.74, 6) is -0.0501. The van der Waals surface area contributed by atoms with Crippen LogP contribution in [-0.4, -0.2) is 43.2 Å². The minimum Gasteiger partial charge on any atom is -0.478 e. The molecule has 1 aromatic heterocycles. The van der Waals surface area contributed by atoms with Crippen molar-refractivity contribution in [1.82, 2.24) is 10.3 Å². The van der Waals surface area contributed by atoms with Crippen LogP contribution in [0.15, 0.2) is 48.5 Å². The van der Waals surface area contributed by atoms with E-state index in [1.807, 2.05) is 56.6 Å². The first-order valence-electron chi connectivity index (χ1n) is 7.44. The smallest absolute Gasteiger partial charge is 0.328 e. The Morgan fingerprint density at radius 2 is 2.09 bits per heavy atom. The first-order valence-corrected chi connectivity index (χ1v) is 7.44. The van der Waals surface area contributed by atoms with E-state index in [1.165, 1.54) is 0 Å². The van der Waals surface area contributed by atoms with Gasteiger partial charge in [0.1, 0.15) is 5.82 Å². The van der Waals surface area contributed by atoms with Gasteiger partial charge in [0.2, 0.25) is 0 Å². The second-order valence-corrected chi connectivity index (χ2v) is 5.20. The molecule has 2 rings (SSSR count). The van der Waals surface area contributed by atoms with Crippen molar-refractivity contribution in [3.63, 3.8) is 0 Å². The number of benzene rings is 1. The topological polar surface area (TPSA) is 65.5 Å². The van der Waals surface area contributed by atoms with Gasteiger partial charge in [-0.1, -0.05) is 24.3 Å². The molecule has 0 saturated heterocycles. The molecule has 5 heteroatoms. The average molecular weight is 311 g/mol. The molecule has 5 nitrogen and oxygen atoms in total. The van der Waals surface area contributed by atoms with Crippen LogP contribution in [-0.2, 0) is 4.79 Å². The molecule has 0 atom stereocenters. The van der Waals surface area contributed by atoms with Gasteiger partial charge in [0.25, 0.3) is 0 Å². The Labute approximate surface area is 136 Å². The molecule has 1 aromatic carbocycles. The highest BCUT2D eigenvalue weighted by Crippen LogP contribution is 2.21. The molecule has 1 heterocycles. The number of carbonyl (C=O) groups is 1. The molecule has 0 aliphatic carbocycles. The van der Waals surface area contributed by atoms with E-state index >= 15 is 0 Å². The summed E-state index contributed by atoms with van der Waals surface area (Å²) in [6, 6.07) is 13.6. The number of anilines is 1. The number of aliphatic carboxylic acids is 1. The number of hydrogen-bond acceptors (Lipinski definition) is 4. The number of nitrogens with zero attached hydrogens (tertiary/aromatic N) is 2. The average Bonchev–Trinajstić information content (AvgIpc) is 2.58. The Hall–Kier alpha value is -2.66. The van der Waals surface area contributed by atoms with Crippen LogP contribution in [0.1, 0.15) is 5.56 Å². The molecule has 0 radical (unpaired) electrons. The van der Waals surface area contributed by atoms with E-state index in [9.17, 15) is 4.79 Å². The van der Waals surface area contributed by atoms with Crippen LogP contribution in [0.3, 0.4) is 0 Å². The lowest BCUT2D eigenvalue weighted by molar-refractivity contribution is -0.131. The fraction of sp³-hybridized carbons (Fsp3) is 0.222. The zero-order valence-corrected chi connectivity index (χ0v) is 13.4. The Balaban J connectivity index is 2.25. The number of pyridine rings is 1. The molecule has 0 fully saturated rings. The van der Waals surface area contributed by atoms with Gasteiger partial charge in [0, 0.05) is 31.8 Å². The Bertz CT molecular complexity index is 698. The van der Waals surface area contributed by atoms with E-state index in [1.54, 1.807) is 6.08 Å². The fourth-order valence-electron chi connectivity index (χ4n) is 2.16. The number of rotatable bonds is 7. The van der Waals surface area contributed by atoms with E-state index in [-0.39, 0.29) is 0 Å². The summed E-state index contributed by atoms with van der Waals surface area (Å²) >= 11 is 0. The van der Waals surface area contributed by atoms with Crippen molar-refractivity contribution in [1.29, 1.82) is 0 Å². The Morgan fingerprint density at radius 1 is 1.30 bits per heavy atom. The zero-order chi connectivity index (χ0) is 16.7. The summed E-state index contributed by atoms with van der Waals surface area (Å²) in [7, 11) is 3.93. The molecule has 0 unspecified atom stereocenters. The minimum absolute atomic E-state index is 0.834. The number of likely N-dealkylation sites (N-methyl/N-ethyl adjacent to an activating group) is 2. The zero-order valence-electron chi connectivity index (χ0n) is 13.4. The third kappa shape index (κ3) is 4.93. The highest BCUT2D eigenvalue weighted by molar-refractivity contribution is 5.85. The van der Waals surface area contributed by atoms with Crippen molar-refractivity contribution in [3.05, 3.63) is 54.1 Å². The van der Waals surface area contributed by atoms with Crippen LogP contribution >= 0.6 is 0 Å². The highest BCUT2D eigenvalue weighted by atomic mass is 16.4. The maximum atomic E-state index is 10.6. The predicted molar refractivity (Wildman–Crippen MR) is 93.5 cm³/mol. The van der Waals surface area contributed by atoms with Crippen molar-refractivity contribution < 1.29 is 9.90 Å². The van der Waals surface area contributed by atoms with Crippen LogP contribution in [0.4, 0.5) is 5.82 Å². The summed E-state index contributed by atoms with van der Waals surface area (Å²) in [5.41, 5.74) is 2.66. The molecule has 0 bridgehead atoms. The monoisotopic (exact) mass is 311 g/mol. The van der Waals surface area contributed by atoms with Crippen LogP contribution < -0.4 is 10.2 Å². The lowest BCUT2D eigenvalue weighted by Crippen LogP contribution is -2.27. The number of carboxylic acids is 1. The maximum absolute atomic E-state index is 10.6. The van der Waals surface area contributed by atoms with Crippen molar-refractivity contribution >= 4 is 17.9 Å². The van der Waals surface area contributed by atoms with E-state index in [0.29, 0.717) is 0 Å². The van der Waals surface area contributed by atoms with Gasteiger partial charge < -0.3 is 15.3 Å². The van der Waals surface area contributed by atoms with Crippen molar-refractivity contribution in [2.24, 2.45) is 0 Å². The first-order chi connectivity index (χ1) is 11.1. The van der Waals surface area contributed by atoms with Gasteiger partial charge in [-0.15, -0.1) is 0 Å². The van der Waals surface area contributed by atoms with Gasteiger partial charge in [0.15, 0.2) is 0 Å². The van der Waals surface area contributed by atoms with Gasteiger partial charge in [-0.2, -0.15) is 0 Å². The van der Waals surface area contributed by atoms with Crippen molar-refractivity contribution in [2.75, 3.05) is 32.1 Å².